The average molecular weight is 383 g/mol. The van der Waals surface area contributed by atoms with Gasteiger partial charge in [0.15, 0.2) is 0 Å². The lowest BCUT2D eigenvalue weighted by Gasteiger charge is -2.22. The molecule has 6 nitrogen and oxygen atoms in total. The van der Waals surface area contributed by atoms with Crippen LogP contribution in [0.2, 0.25) is 5.02 Å². The number of halogens is 1. The van der Waals surface area contributed by atoms with Crippen LogP contribution in [0.15, 0.2) is 60.8 Å². The van der Waals surface area contributed by atoms with Gasteiger partial charge in [-0.15, -0.1) is 0 Å². The lowest BCUT2D eigenvalue weighted by atomic mass is 10.2. The number of rotatable bonds is 6. The minimum absolute atomic E-state index is 0.380. The minimum atomic E-state index is -0.439. The van der Waals surface area contributed by atoms with Gasteiger partial charge in [0.1, 0.15) is 5.82 Å². The molecule has 27 heavy (non-hydrogen) atoms. The molecule has 0 bridgehead atoms. The molecular formula is C20H19ClN4O2. The lowest BCUT2D eigenvalue weighted by Crippen LogP contribution is -2.17. The van der Waals surface area contributed by atoms with E-state index in [1.54, 1.807) is 24.4 Å². The molecule has 0 unspecified atom stereocenters. The number of carbonyl (C=O) groups is 1. The third kappa shape index (κ3) is 4.35. The number of para-hydroxylation sites is 1. The summed E-state index contributed by atoms with van der Waals surface area (Å²) in [7, 11) is 1.33. The van der Waals surface area contributed by atoms with Crippen LogP contribution in [0.3, 0.4) is 0 Å². The van der Waals surface area contributed by atoms with Gasteiger partial charge in [-0.1, -0.05) is 29.8 Å². The fourth-order valence-corrected chi connectivity index (χ4v) is 2.80. The number of aromatic nitrogens is 2. The van der Waals surface area contributed by atoms with E-state index in [1.807, 2.05) is 36.4 Å². The first kappa shape index (κ1) is 18.7. The second-order valence-corrected chi connectivity index (χ2v) is 6.04. The number of nitrogens with one attached hydrogen (secondary N) is 1. The smallest absolute Gasteiger partial charge is 0.337 e. The van der Waals surface area contributed by atoms with E-state index in [0.717, 1.165) is 18.1 Å². The summed E-state index contributed by atoms with van der Waals surface area (Å²) < 4.78 is 4.75. The molecule has 1 aromatic heterocycles. The number of methoxy groups -OCH3 is 1. The first-order chi connectivity index (χ1) is 13.1. The quantitative estimate of drug-likeness (QED) is 0.616. The fourth-order valence-electron chi connectivity index (χ4n) is 2.63. The van der Waals surface area contributed by atoms with Crippen LogP contribution in [0.5, 0.6) is 0 Å². The van der Waals surface area contributed by atoms with E-state index < -0.39 is 5.97 Å². The van der Waals surface area contributed by atoms with Crippen molar-refractivity contribution in [2.45, 2.75) is 6.92 Å². The zero-order valence-electron chi connectivity index (χ0n) is 15.0. The molecule has 0 saturated heterocycles. The van der Waals surface area contributed by atoms with Gasteiger partial charge in [-0.2, -0.15) is 4.98 Å². The molecule has 0 aliphatic carbocycles. The van der Waals surface area contributed by atoms with Crippen LogP contribution in [0, 0.1) is 0 Å². The summed E-state index contributed by atoms with van der Waals surface area (Å²) in [6.07, 6.45) is 1.67. The topological polar surface area (TPSA) is 67.4 Å². The molecule has 138 valence electrons. The normalized spacial score (nSPS) is 10.3. The zero-order chi connectivity index (χ0) is 19.2. The van der Waals surface area contributed by atoms with E-state index in [9.17, 15) is 4.79 Å². The second kappa shape index (κ2) is 8.51. The number of hydrogen-bond acceptors (Lipinski definition) is 6. The van der Waals surface area contributed by atoms with Crippen molar-refractivity contribution in [3.63, 3.8) is 0 Å². The Balaban J connectivity index is 1.89. The Morgan fingerprint density at radius 2 is 1.96 bits per heavy atom. The van der Waals surface area contributed by atoms with Crippen molar-refractivity contribution in [1.29, 1.82) is 0 Å². The third-order valence-corrected chi connectivity index (χ3v) is 4.27. The van der Waals surface area contributed by atoms with Crippen molar-refractivity contribution in [2.75, 3.05) is 23.9 Å². The maximum Gasteiger partial charge on any atom is 0.337 e. The second-order valence-electron chi connectivity index (χ2n) is 5.63. The van der Waals surface area contributed by atoms with Gasteiger partial charge in [-0.3, -0.25) is 0 Å². The van der Waals surface area contributed by atoms with Crippen LogP contribution in [-0.4, -0.2) is 29.6 Å². The SMILES string of the molecule is CCN(c1ccccc1)c1ccnc(Nc2cc(C(=O)OC)ccc2Cl)n1. The summed E-state index contributed by atoms with van der Waals surface area (Å²) in [4.78, 5) is 22.6. The summed E-state index contributed by atoms with van der Waals surface area (Å²) in [5, 5.41) is 3.52. The summed E-state index contributed by atoms with van der Waals surface area (Å²) in [6.45, 7) is 2.80. The number of anilines is 4. The van der Waals surface area contributed by atoms with Gasteiger partial charge < -0.3 is 15.0 Å². The number of esters is 1. The largest absolute Gasteiger partial charge is 0.465 e. The van der Waals surface area contributed by atoms with Gasteiger partial charge in [-0.25, -0.2) is 9.78 Å². The van der Waals surface area contributed by atoms with Crippen molar-refractivity contribution in [3.05, 3.63) is 71.4 Å². The average Bonchev–Trinajstić information content (AvgIpc) is 2.71. The Morgan fingerprint density at radius 1 is 1.19 bits per heavy atom. The summed E-state index contributed by atoms with van der Waals surface area (Å²) in [5.41, 5.74) is 1.95. The predicted molar refractivity (Wildman–Crippen MR) is 107 cm³/mol. The Morgan fingerprint density at radius 3 is 2.67 bits per heavy atom. The van der Waals surface area contributed by atoms with Crippen LogP contribution in [-0.2, 0) is 4.74 Å². The van der Waals surface area contributed by atoms with Crippen molar-refractivity contribution in [1.82, 2.24) is 9.97 Å². The molecule has 1 heterocycles. The van der Waals surface area contributed by atoms with Crippen LogP contribution in [0.4, 0.5) is 23.1 Å². The molecule has 0 aliphatic heterocycles. The van der Waals surface area contributed by atoms with E-state index in [1.165, 1.54) is 7.11 Å². The first-order valence-electron chi connectivity index (χ1n) is 8.43. The summed E-state index contributed by atoms with van der Waals surface area (Å²) in [5.74, 6) is 0.692. The predicted octanol–water partition coefficient (Wildman–Crippen LogP) is 4.82. The molecular weight excluding hydrogens is 364 g/mol. The van der Waals surface area contributed by atoms with E-state index in [4.69, 9.17) is 16.3 Å². The summed E-state index contributed by atoms with van der Waals surface area (Å²) in [6, 6.07) is 16.7. The van der Waals surface area contributed by atoms with Crippen molar-refractivity contribution < 1.29 is 9.53 Å². The van der Waals surface area contributed by atoms with E-state index in [2.05, 4.69) is 27.1 Å². The van der Waals surface area contributed by atoms with E-state index in [0.29, 0.717) is 22.2 Å². The molecule has 0 spiro atoms. The van der Waals surface area contributed by atoms with Crippen molar-refractivity contribution in [2.24, 2.45) is 0 Å². The standard InChI is InChI=1S/C20H19ClN4O2/c1-3-25(15-7-5-4-6-8-15)18-11-12-22-20(24-18)23-17-13-14(19(26)27-2)9-10-16(17)21/h4-13H,3H2,1-2H3,(H,22,23,24). The van der Waals surface area contributed by atoms with Gasteiger partial charge in [0, 0.05) is 18.4 Å². The van der Waals surface area contributed by atoms with Gasteiger partial charge in [-0.05, 0) is 43.3 Å². The highest BCUT2D eigenvalue weighted by atomic mass is 35.5. The molecule has 3 aromatic rings. The lowest BCUT2D eigenvalue weighted by molar-refractivity contribution is 0.0601. The van der Waals surface area contributed by atoms with Crippen LogP contribution in [0.1, 0.15) is 17.3 Å². The Kier molecular flexibility index (Phi) is 5.88. The summed E-state index contributed by atoms with van der Waals surface area (Å²) >= 11 is 6.24. The Bertz CT molecular complexity index is 934. The van der Waals surface area contributed by atoms with E-state index in [-0.39, 0.29) is 0 Å². The maximum absolute atomic E-state index is 11.7. The fraction of sp³-hybridized carbons (Fsp3) is 0.150. The molecule has 0 amide bonds. The van der Waals surface area contributed by atoms with Crippen LogP contribution >= 0.6 is 11.6 Å². The molecule has 7 heteroatoms. The van der Waals surface area contributed by atoms with Crippen LogP contribution in [0.25, 0.3) is 0 Å². The van der Waals surface area contributed by atoms with E-state index >= 15 is 0 Å². The molecule has 0 fully saturated rings. The molecule has 0 atom stereocenters. The Labute approximate surface area is 162 Å². The Hall–Kier alpha value is -3.12. The molecule has 0 saturated carbocycles. The van der Waals surface area contributed by atoms with Gasteiger partial charge in [0.05, 0.1) is 23.4 Å². The monoisotopic (exact) mass is 382 g/mol. The number of benzene rings is 2. The number of carbonyl (C=O) groups excluding carboxylic acids is 1. The molecule has 0 radical (unpaired) electrons. The van der Waals surface area contributed by atoms with Crippen molar-refractivity contribution >= 4 is 40.7 Å². The number of ether oxygens (including phenoxy) is 1. The van der Waals surface area contributed by atoms with Gasteiger partial charge >= 0.3 is 5.97 Å². The van der Waals surface area contributed by atoms with Crippen molar-refractivity contribution in [3.8, 4) is 0 Å². The van der Waals surface area contributed by atoms with Gasteiger partial charge in [0.2, 0.25) is 5.95 Å². The molecule has 3 rings (SSSR count). The maximum atomic E-state index is 11.7. The third-order valence-electron chi connectivity index (χ3n) is 3.94. The molecule has 0 aliphatic rings. The van der Waals surface area contributed by atoms with Crippen LogP contribution < -0.4 is 10.2 Å². The zero-order valence-corrected chi connectivity index (χ0v) is 15.8. The highest BCUT2D eigenvalue weighted by Crippen LogP contribution is 2.28. The molecule has 2 aromatic carbocycles. The number of nitrogens with zero attached hydrogens (tertiary/aromatic N) is 3. The highest BCUT2D eigenvalue weighted by Gasteiger charge is 2.12. The minimum Gasteiger partial charge on any atom is -0.465 e. The number of hydrogen-bond donors (Lipinski definition) is 1. The first-order valence-corrected chi connectivity index (χ1v) is 8.80. The highest BCUT2D eigenvalue weighted by molar-refractivity contribution is 6.33. The molecule has 1 N–H and O–H groups in total. The van der Waals surface area contributed by atoms with Gasteiger partial charge in [0.25, 0.3) is 0 Å².